The minimum Gasteiger partial charge on any atom is -0.322 e. The van der Waals surface area contributed by atoms with Gasteiger partial charge in [-0.25, -0.2) is 0 Å². The van der Waals surface area contributed by atoms with Crippen LogP contribution in [0.25, 0.3) is 0 Å². The molecule has 4 heteroatoms. The molecule has 1 heterocycles. The van der Waals surface area contributed by atoms with Crippen LogP contribution in [0.3, 0.4) is 0 Å². The van der Waals surface area contributed by atoms with Crippen LogP contribution in [0.2, 0.25) is 0 Å². The van der Waals surface area contributed by atoms with E-state index in [4.69, 9.17) is 0 Å². The van der Waals surface area contributed by atoms with E-state index in [-0.39, 0.29) is 5.91 Å². The van der Waals surface area contributed by atoms with Crippen LogP contribution < -0.4 is 10.6 Å². The van der Waals surface area contributed by atoms with Crippen molar-refractivity contribution in [3.63, 3.8) is 0 Å². The van der Waals surface area contributed by atoms with Gasteiger partial charge in [-0.1, -0.05) is 12.1 Å². The van der Waals surface area contributed by atoms with E-state index in [0.717, 1.165) is 30.9 Å². The summed E-state index contributed by atoms with van der Waals surface area (Å²) < 4.78 is 0. The fourth-order valence-electron chi connectivity index (χ4n) is 2.01. The number of nitrogens with zero attached hydrogens (tertiary/aromatic N) is 1. The average Bonchev–Trinajstić information content (AvgIpc) is 2.26. The number of nitrogens with one attached hydrogen (secondary N) is 2. The van der Waals surface area contributed by atoms with Crippen molar-refractivity contribution in [1.82, 2.24) is 10.2 Å². The third-order valence-corrected chi connectivity index (χ3v) is 3.23. The summed E-state index contributed by atoms with van der Waals surface area (Å²) in [7, 11) is 4.06. The Hall–Kier alpha value is -1.65. The van der Waals surface area contributed by atoms with E-state index in [9.17, 15) is 4.79 Å². The zero-order valence-corrected chi connectivity index (χ0v) is 11.8. The topological polar surface area (TPSA) is 44.4 Å². The highest BCUT2D eigenvalue weighted by atomic mass is 16.1. The molecule has 0 spiro atoms. The Morgan fingerprint density at radius 1 is 1.37 bits per heavy atom. The summed E-state index contributed by atoms with van der Waals surface area (Å²) in [4.78, 5) is 14.2. The molecule has 2 N–H and O–H groups in total. The molecule has 1 aromatic rings. The molecule has 0 bridgehead atoms. The second-order valence-electron chi connectivity index (χ2n) is 5.22. The van der Waals surface area contributed by atoms with Crippen LogP contribution in [-0.2, 0) is 11.3 Å². The van der Waals surface area contributed by atoms with Crippen LogP contribution in [0, 0.1) is 0 Å². The molecule has 19 heavy (non-hydrogen) atoms. The highest BCUT2D eigenvalue weighted by molar-refractivity contribution is 6.04. The normalized spacial score (nSPS) is 14.2. The van der Waals surface area contributed by atoms with E-state index in [2.05, 4.69) is 21.6 Å². The number of amides is 1. The van der Waals surface area contributed by atoms with Gasteiger partial charge >= 0.3 is 0 Å². The lowest BCUT2D eigenvalue weighted by Crippen LogP contribution is -2.36. The molecule has 0 unspecified atom stereocenters. The molecule has 1 amide bonds. The Labute approximate surface area is 114 Å². The summed E-state index contributed by atoms with van der Waals surface area (Å²) >= 11 is 0. The fourth-order valence-corrected chi connectivity index (χ4v) is 2.01. The number of carbonyl (C=O) groups excluding carboxylic acids is 1. The van der Waals surface area contributed by atoms with Gasteiger partial charge in [0.05, 0.1) is 0 Å². The van der Waals surface area contributed by atoms with Gasteiger partial charge in [-0.2, -0.15) is 0 Å². The van der Waals surface area contributed by atoms with Gasteiger partial charge in [-0.3, -0.25) is 4.79 Å². The molecule has 102 valence electrons. The molecule has 1 fully saturated rings. The lowest BCUT2D eigenvalue weighted by molar-refractivity contribution is -0.112. The zero-order chi connectivity index (χ0) is 13.8. The van der Waals surface area contributed by atoms with Crippen molar-refractivity contribution in [2.45, 2.75) is 13.5 Å². The maximum absolute atomic E-state index is 12.1. The zero-order valence-electron chi connectivity index (χ0n) is 11.8. The highest BCUT2D eigenvalue weighted by Gasteiger charge is 2.16. The maximum atomic E-state index is 12.1. The molecule has 0 atom stereocenters. The first-order valence-electron chi connectivity index (χ1n) is 6.50. The van der Waals surface area contributed by atoms with Crippen molar-refractivity contribution in [1.29, 1.82) is 0 Å². The Bertz CT molecular complexity index is 500. The van der Waals surface area contributed by atoms with Gasteiger partial charge in [0, 0.05) is 30.9 Å². The van der Waals surface area contributed by atoms with E-state index in [1.807, 2.05) is 39.2 Å². The lowest BCUT2D eigenvalue weighted by Gasteiger charge is -2.21. The smallest absolute Gasteiger partial charge is 0.251 e. The third-order valence-electron chi connectivity index (χ3n) is 3.23. The van der Waals surface area contributed by atoms with Crippen LogP contribution >= 0.6 is 0 Å². The molecule has 1 aromatic carbocycles. The monoisotopic (exact) mass is 259 g/mol. The van der Waals surface area contributed by atoms with Crippen molar-refractivity contribution in [3.8, 4) is 0 Å². The first-order chi connectivity index (χ1) is 9.06. The largest absolute Gasteiger partial charge is 0.322 e. The van der Waals surface area contributed by atoms with Crippen molar-refractivity contribution in [2.24, 2.45) is 0 Å². The maximum Gasteiger partial charge on any atom is 0.251 e. The summed E-state index contributed by atoms with van der Waals surface area (Å²) in [5, 5.41) is 6.11. The molecular formula is C15H21N3O. The number of hydrogen-bond donors (Lipinski definition) is 2. The van der Waals surface area contributed by atoms with Gasteiger partial charge in [-0.15, -0.1) is 0 Å². The average molecular weight is 259 g/mol. The first kappa shape index (κ1) is 13.8. The van der Waals surface area contributed by atoms with Gasteiger partial charge in [0.25, 0.3) is 5.91 Å². The summed E-state index contributed by atoms with van der Waals surface area (Å²) in [5.74, 6) is -0.00139. The Kier molecular flexibility index (Phi) is 4.35. The number of hydrogen-bond acceptors (Lipinski definition) is 3. The van der Waals surface area contributed by atoms with Gasteiger partial charge in [0.2, 0.25) is 0 Å². The number of rotatable bonds is 4. The number of carbonyl (C=O) groups is 1. The SMILES string of the molecule is CC(C(=O)Nc1cccc(CN(C)C)c1)=C1CNC1. The summed E-state index contributed by atoms with van der Waals surface area (Å²) in [6.07, 6.45) is 0. The van der Waals surface area contributed by atoms with Crippen LogP contribution in [0.5, 0.6) is 0 Å². The Balaban J connectivity index is 2.04. The number of benzene rings is 1. The molecule has 1 saturated heterocycles. The third kappa shape index (κ3) is 3.66. The predicted molar refractivity (Wildman–Crippen MR) is 78.0 cm³/mol. The number of anilines is 1. The van der Waals surface area contributed by atoms with E-state index in [1.54, 1.807) is 0 Å². The molecule has 0 saturated carbocycles. The predicted octanol–water partition coefficient (Wildman–Crippen LogP) is 1.61. The van der Waals surface area contributed by atoms with Gasteiger partial charge in [0.15, 0.2) is 0 Å². The molecule has 4 nitrogen and oxygen atoms in total. The fraction of sp³-hybridized carbons (Fsp3) is 0.400. The molecule has 2 rings (SSSR count). The summed E-state index contributed by atoms with van der Waals surface area (Å²) in [5.41, 5.74) is 4.08. The van der Waals surface area contributed by atoms with Gasteiger partial charge in [0.1, 0.15) is 0 Å². The molecule has 0 radical (unpaired) electrons. The van der Waals surface area contributed by atoms with Crippen molar-refractivity contribution in [3.05, 3.63) is 41.0 Å². The van der Waals surface area contributed by atoms with Crippen molar-refractivity contribution < 1.29 is 4.79 Å². The molecule has 1 aliphatic rings. The molecule has 1 aliphatic heterocycles. The minimum absolute atomic E-state index is 0.00139. The molecular weight excluding hydrogens is 238 g/mol. The van der Waals surface area contributed by atoms with Crippen LogP contribution in [0.4, 0.5) is 5.69 Å². The quantitative estimate of drug-likeness (QED) is 0.807. The second kappa shape index (κ2) is 5.99. The van der Waals surface area contributed by atoms with E-state index in [1.165, 1.54) is 11.1 Å². The Morgan fingerprint density at radius 2 is 2.11 bits per heavy atom. The van der Waals surface area contributed by atoms with Crippen molar-refractivity contribution in [2.75, 3.05) is 32.5 Å². The Morgan fingerprint density at radius 3 is 2.68 bits per heavy atom. The second-order valence-corrected chi connectivity index (χ2v) is 5.22. The first-order valence-corrected chi connectivity index (χ1v) is 6.50. The van der Waals surface area contributed by atoms with Crippen LogP contribution in [-0.4, -0.2) is 38.0 Å². The lowest BCUT2D eigenvalue weighted by atomic mass is 10.0. The van der Waals surface area contributed by atoms with Gasteiger partial charge < -0.3 is 15.5 Å². The molecule has 0 aromatic heterocycles. The standard InChI is InChI=1S/C15H21N3O/c1-11(13-8-16-9-13)15(19)17-14-6-4-5-12(7-14)10-18(2)3/h4-7,16H,8-10H2,1-3H3,(H,17,19). The van der Waals surface area contributed by atoms with Crippen LogP contribution in [0.1, 0.15) is 12.5 Å². The molecule has 0 aliphatic carbocycles. The minimum atomic E-state index is -0.00139. The van der Waals surface area contributed by atoms with E-state index in [0.29, 0.717) is 0 Å². The summed E-state index contributed by atoms with van der Waals surface area (Å²) in [6, 6.07) is 7.99. The van der Waals surface area contributed by atoms with Crippen LogP contribution in [0.15, 0.2) is 35.4 Å². The summed E-state index contributed by atoms with van der Waals surface area (Å²) in [6.45, 7) is 4.42. The van der Waals surface area contributed by atoms with Crippen molar-refractivity contribution >= 4 is 11.6 Å². The van der Waals surface area contributed by atoms with E-state index >= 15 is 0 Å². The highest BCUT2D eigenvalue weighted by Crippen LogP contribution is 2.15. The van der Waals surface area contributed by atoms with Gasteiger partial charge in [-0.05, 0) is 44.3 Å². The van der Waals surface area contributed by atoms with E-state index < -0.39 is 0 Å².